The monoisotopic (exact) mass is 278 g/mol. The number of likely N-dealkylation sites (tertiary alicyclic amines) is 1. The summed E-state index contributed by atoms with van der Waals surface area (Å²) < 4.78 is 18.4. The largest absolute Gasteiger partial charge is 0.494 e. The van der Waals surface area contributed by atoms with Gasteiger partial charge in [-0.25, -0.2) is 4.39 Å². The molecule has 1 heterocycles. The number of hydrogen-bond donors (Lipinski definition) is 1. The van der Waals surface area contributed by atoms with Crippen molar-refractivity contribution in [2.75, 3.05) is 20.2 Å². The first kappa shape index (κ1) is 14.5. The molecule has 0 aromatic heterocycles. The van der Waals surface area contributed by atoms with E-state index in [9.17, 15) is 9.18 Å². The third kappa shape index (κ3) is 3.17. The van der Waals surface area contributed by atoms with Crippen LogP contribution in [0, 0.1) is 5.82 Å². The van der Waals surface area contributed by atoms with Crippen molar-refractivity contribution in [3.8, 4) is 5.75 Å². The van der Waals surface area contributed by atoms with Crippen molar-refractivity contribution >= 4 is 12.0 Å². The lowest BCUT2D eigenvalue weighted by atomic mass is 10.2. The number of ether oxygens (including phenoxy) is 1. The first-order valence-corrected chi connectivity index (χ1v) is 6.68. The second-order valence-electron chi connectivity index (χ2n) is 4.79. The van der Waals surface area contributed by atoms with Crippen LogP contribution < -0.4 is 10.5 Å². The van der Waals surface area contributed by atoms with Gasteiger partial charge in [0.2, 0.25) is 5.91 Å². The van der Waals surface area contributed by atoms with Crippen molar-refractivity contribution in [1.29, 1.82) is 0 Å². The first-order chi connectivity index (χ1) is 9.65. The molecule has 1 aliphatic heterocycles. The van der Waals surface area contributed by atoms with E-state index in [1.165, 1.54) is 25.3 Å². The van der Waals surface area contributed by atoms with Crippen molar-refractivity contribution in [3.05, 3.63) is 35.7 Å². The highest BCUT2D eigenvalue weighted by Crippen LogP contribution is 2.19. The van der Waals surface area contributed by atoms with Gasteiger partial charge >= 0.3 is 0 Å². The highest BCUT2D eigenvalue weighted by atomic mass is 19.1. The molecule has 2 rings (SSSR count). The van der Waals surface area contributed by atoms with Gasteiger partial charge in [-0.05, 0) is 36.6 Å². The fourth-order valence-electron chi connectivity index (χ4n) is 2.42. The highest BCUT2D eigenvalue weighted by molar-refractivity contribution is 5.92. The Kier molecular flexibility index (Phi) is 4.74. The van der Waals surface area contributed by atoms with E-state index < -0.39 is 5.82 Å². The molecule has 0 radical (unpaired) electrons. The summed E-state index contributed by atoms with van der Waals surface area (Å²) >= 11 is 0. The molecule has 1 aromatic carbocycles. The molecule has 1 aromatic rings. The number of carbonyl (C=O) groups is 1. The Balaban J connectivity index is 2.05. The summed E-state index contributed by atoms with van der Waals surface area (Å²) in [6, 6.07) is 4.71. The third-order valence-electron chi connectivity index (χ3n) is 3.53. The normalized spacial score (nSPS) is 18.8. The summed E-state index contributed by atoms with van der Waals surface area (Å²) in [5.74, 6) is -0.325. The van der Waals surface area contributed by atoms with Crippen molar-refractivity contribution in [3.63, 3.8) is 0 Å². The number of halogens is 1. The molecule has 2 N–H and O–H groups in total. The first-order valence-electron chi connectivity index (χ1n) is 6.68. The maximum absolute atomic E-state index is 13.5. The zero-order chi connectivity index (χ0) is 14.5. The number of amides is 1. The minimum atomic E-state index is -0.442. The van der Waals surface area contributed by atoms with E-state index in [0.717, 1.165) is 19.4 Å². The summed E-state index contributed by atoms with van der Waals surface area (Å²) in [6.45, 7) is 1.22. The van der Waals surface area contributed by atoms with Crippen LogP contribution in [0.3, 0.4) is 0 Å². The van der Waals surface area contributed by atoms with E-state index in [2.05, 4.69) is 0 Å². The predicted octanol–water partition coefficient (Wildman–Crippen LogP) is 1.80. The van der Waals surface area contributed by atoms with Crippen LogP contribution in [0.5, 0.6) is 5.75 Å². The Morgan fingerprint density at radius 2 is 2.40 bits per heavy atom. The summed E-state index contributed by atoms with van der Waals surface area (Å²) in [5.41, 5.74) is 6.26. The number of nitrogens with zero attached hydrogens (tertiary/aromatic N) is 1. The second-order valence-corrected chi connectivity index (χ2v) is 4.79. The molecule has 1 unspecified atom stereocenters. The van der Waals surface area contributed by atoms with Crippen LogP contribution in [-0.2, 0) is 4.79 Å². The van der Waals surface area contributed by atoms with Gasteiger partial charge in [-0.3, -0.25) is 4.79 Å². The molecular weight excluding hydrogens is 259 g/mol. The smallest absolute Gasteiger partial charge is 0.246 e. The molecule has 0 saturated carbocycles. The molecule has 0 aliphatic carbocycles. The fraction of sp³-hybridized carbons (Fsp3) is 0.400. The van der Waals surface area contributed by atoms with Crippen LogP contribution >= 0.6 is 0 Å². The van der Waals surface area contributed by atoms with Crippen molar-refractivity contribution in [1.82, 2.24) is 4.90 Å². The van der Waals surface area contributed by atoms with E-state index in [4.69, 9.17) is 10.5 Å². The van der Waals surface area contributed by atoms with Crippen molar-refractivity contribution < 1.29 is 13.9 Å². The molecular formula is C15H19FN2O2. The van der Waals surface area contributed by atoms with Gasteiger partial charge in [0.25, 0.3) is 0 Å². The average molecular weight is 278 g/mol. The highest BCUT2D eigenvalue weighted by Gasteiger charge is 2.25. The van der Waals surface area contributed by atoms with Gasteiger partial charge in [-0.1, -0.05) is 6.07 Å². The molecule has 1 aliphatic rings. The molecule has 1 amide bonds. The van der Waals surface area contributed by atoms with E-state index in [0.29, 0.717) is 12.1 Å². The van der Waals surface area contributed by atoms with Gasteiger partial charge < -0.3 is 15.4 Å². The third-order valence-corrected chi connectivity index (χ3v) is 3.53. The molecule has 0 spiro atoms. The SMILES string of the molecule is COc1ccc(C=CC(=O)N2CCCC2CN)cc1F. The van der Waals surface area contributed by atoms with E-state index in [1.54, 1.807) is 17.0 Å². The fourth-order valence-corrected chi connectivity index (χ4v) is 2.42. The number of hydrogen-bond acceptors (Lipinski definition) is 3. The topological polar surface area (TPSA) is 55.6 Å². The van der Waals surface area contributed by atoms with Crippen LogP contribution in [-0.4, -0.2) is 37.0 Å². The molecule has 5 heteroatoms. The lowest BCUT2D eigenvalue weighted by molar-refractivity contribution is -0.126. The lowest BCUT2D eigenvalue weighted by Crippen LogP contribution is -2.38. The molecule has 1 atom stereocenters. The van der Waals surface area contributed by atoms with Crippen molar-refractivity contribution in [2.24, 2.45) is 5.73 Å². The van der Waals surface area contributed by atoms with Crippen LogP contribution in [0.15, 0.2) is 24.3 Å². The zero-order valence-electron chi connectivity index (χ0n) is 11.5. The van der Waals surface area contributed by atoms with Gasteiger partial charge in [0.05, 0.1) is 7.11 Å². The van der Waals surface area contributed by atoms with Gasteiger partial charge in [-0.2, -0.15) is 0 Å². The summed E-state index contributed by atoms with van der Waals surface area (Å²) in [4.78, 5) is 13.8. The van der Waals surface area contributed by atoms with Gasteiger partial charge in [0.15, 0.2) is 11.6 Å². The minimum Gasteiger partial charge on any atom is -0.494 e. The molecule has 1 fully saturated rings. The number of rotatable bonds is 4. The second kappa shape index (κ2) is 6.52. The average Bonchev–Trinajstić information content (AvgIpc) is 2.93. The Morgan fingerprint density at radius 3 is 3.05 bits per heavy atom. The number of carbonyl (C=O) groups excluding carboxylic acids is 1. The van der Waals surface area contributed by atoms with Crippen LogP contribution in [0.4, 0.5) is 4.39 Å². The molecule has 108 valence electrons. The van der Waals surface area contributed by atoms with Gasteiger partial charge in [0, 0.05) is 25.2 Å². The Labute approximate surface area is 118 Å². The quantitative estimate of drug-likeness (QED) is 0.854. The van der Waals surface area contributed by atoms with Gasteiger partial charge in [0.1, 0.15) is 0 Å². The Hall–Kier alpha value is -1.88. The van der Waals surface area contributed by atoms with Crippen LogP contribution in [0.1, 0.15) is 18.4 Å². The maximum atomic E-state index is 13.5. The predicted molar refractivity (Wildman–Crippen MR) is 75.8 cm³/mol. The number of nitrogens with two attached hydrogens (primary N) is 1. The van der Waals surface area contributed by atoms with Crippen molar-refractivity contribution in [2.45, 2.75) is 18.9 Å². The molecule has 0 bridgehead atoms. The number of methoxy groups -OCH3 is 1. The number of benzene rings is 1. The summed E-state index contributed by atoms with van der Waals surface area (Å²) in [5, 5.41) is 0. The van der Waals surface area contributed by atoms with Crippen LogP contribution in [0.25, 0.3) is 6.08 Å². The summed E-state index contributed by atoms with van der Waals surface area (Å²) in [6.07, 6.45) is 5.01. The Bertz CT molecular complexity index is 517. The minimum absolute atomic E-state index is 0.0748. The zero-order valence-corrected chi connectivity index (χ0v) is 11.5. The molecule has 4 nitrogen and oxygen atoms in total. The van der Waals surface area contributed by atoms with E-state index >= 15 is 0 Å². The molecule has 20 heavy (non-hydrogen) atoms. The maximum Gasteiger partial charge on any atom is 0.246 e. The standard InChI is InChI=1S/C15H19FN2O2/c1-20-14-6-4-11(9-13(14)16)5-7-15(19)18-8-2-3-12(18)10-17/h4-7,9,12H,2-3,8,10,17H2,1H3. The summed E-state index contributed by atoms with van der Waals surface area (Å²) in [7, 11) is 1.41. The Morgan fingerprint density at radius 1 is 1.60 bits per heavy atom. The van der Waals surface area contributed by atoms with E-state index in [1.807, 2.05) is 0 Å². The molecule has 1 saturated heterocycles. The van der Waals surface area contributed by atoms with E-state index in [-0.39, 0.29) is 17.7 Å². The lowest BCUT2D eigenvalue weighted by Gasteiger charge is -2.21. The van der Waals surface area contributed by atoms with Gasteiger partial charge in [-0.15, -0.1) is 0 Å². The van der Waals surface area contributed by atoms with Crippen LogP contribution in [0.2, 0.25) is 0 Å².